The SMILES string of the molecule is CNC(Cn1cc(Cl)c(C)n1)(C(=O)O)C1CC1. The number of hydrogen-bond acceptors (Lipinski definition) is 3. The molecule has 94 valence electrons. The summed E-state index contributed by atoms with van der Waals surface area (Å²) < 4.78 is 1.61. The lowest BCUT2D eigenvalue weighted by Crippen LogP contribution is -2.55. The van der Waals surface area contributed by atoms with Gasteiger partial charge in [0.15, 0.2) is 0 Å². The average Bonchev–Trinajstić information content (AvgIpc) is 3.04. The van der Waals surface area contributed by atoms with Crippen LogP contribution in [0.15, 0.2) is 6.20 Å². The first-order valence-electron chi connectivity index (χ1n) is 5.61. The standard InChI is InChI=1S/C11H16ClN3O2/c1-7-9(12)5-15(14-7)6-11(13-2,10(16)17)8-3-4-8/h5,8,13H,3-4,6H2,1-2H3,(H,16,17). The molecular formula is C11H16ClN3O2. The van der Waals surface area contributed by atoms with E-state index in [1.54, 1.807) is 24.9 Å². The van der Waals surface area contributed by atoms with Gasteiger partial charge >= 0.3 is 5.97 Å². The molecule has 1 saturated carbocycles. The summed E-state index contributed by atoms with van der Waals surface area (Å²) in [6, 6.07) is 0. The highest BCUT2D eigenvalue weighted by molar-refractivity contribution is 6.31. The number of aryl methyl sites for hydroxylation is 1. The number of aliphatic carboxylic acids is 1. The van der Waals surface area contributed by atoms with Crippen molar-refractivity contribution in [1.82, 2.24) is 15.1 Å². The first-order chi connectivity index (χ1) is 7.99. The molecule has 0 aliphatic heterocycles. The van der Waals surface area contributed by atoms with Crippen molar-refractivity contribution in [3.63, 3.8) is 0 Å². The van der Waals surface area contributed by atoms with E-state index in [1.165, 1.54) is 0 Å². The fourth-order valence-corrected chi connectivity index (χ4v) is 2.32. The fraction of sp³-hybridized carbons (Fsp3) is 0.636. The van der Waals surface area contributed by atoms with Gasteiger partial charge in [-0.2, -0.15) is 5.10 Å². The fourth-order valence-electron chi connectivity index (χ4n) is 2.17. The van der Waals surface area contributed by atoms with Crippen molar-refractivity contribution in [3.8, 4) is 0 Å². The van der Waals surface area contributed by atoms with E-state index in [9.17, 15) is 9.90 Å². The molecule has 1 aliphatic rings. The Bertz CT molecular complexity index is 422. The second-order valence-electron chi connectivity index (χ2n) is 4.56. The van der Waals surface area contributed by atoms with Crippen LogP contribution in [0.1, 0.15) is 18.5 Å². The Hall–Kier alpha value is -1.07. The normalized spacial score (nSPS) is 19.0. The summed E-state index contributed by atoms with van der Waals surface area (Å²) in [6.45, 7) is 2.11. The van der Waals surface area contributed by atoms with Crippen LogP contribution in [0.4, 0.5) is 0 Å². The summed E-state index contributed by atoms with van der Waals surface area (Å²) in [7, 11) is 1.68. The molecule has 0 bridgehead atoms. The molecule has 0 aromatic carbocycles. The van der Waals surface area contributed by atoms with Gasteiger partial charge in [-0.1, -0.05) is 11.6 Å². The Morgan fingerprint density at radius 3 is 2.76 bits per heavy atom. The van der Waals surface area contributed by atoms with Gasteiger partial charge in [0.05, 0.1) is 17.3 Å². The van der Waals surface area contributed by atoms with Crippen molar-refractivity contribution in [1.29, 1.82) is 0 Å². The Labute approximate surface area is 105 Å². The lowest BCUT2D eigenvalue weighted by molar-refractivity contribution is -0.146. The summed E-state index contributed by atoms with van der Waals surface area (Å²) in [5.74, 6) is -0.653. The number of rotatable bonds is 5. The highest BCUT2D eigenvalue weighted by Gasteiger charge is 2.50. The van der Waals surface area contributed by atoms with E-state index in [2.05, 4.69) is 10.4 Å². The largest absolute Gasteiger partial charge is 0.480 e. The Balaban J connectivity index is 2.26. The minimum atomic E-state index is -0.929. The van der Waals surface area contributed by atoms with Crippen molar-refractivity contribution in [3.05, 3.63) is 16.9 Å². The maximum atomic E-state index is 11.5. The number of aromatic nitrogens is 2. The van der Waals surface area contributed by atoms with E-state index in [0.717, 1.165) is 18.5 Å². The molecule has 1 unspecified atom stereocenters. The third-order valence-electron chi connectivity index (χ3n) is 3.40. The quantitative estimate of drug-likeness (QED) is 0.834. The van der Waals surface area contributed by atoms with E-state index >= 15 is 0 Å². The van der Waals surface area contributed by atoms with Crippen LogP contribution in [0.2, 0.25) is 5.02 Å². The van der Waals surface area contributed by atoms with Crippen LogP contribution in [-0.4, -0.2) is 33.4 Å². The van der Waals surface area contributed by atoms with Crippen LogP contribution in [0.25, 0.3) is 0 Å². The molecule has 2 N–H and O–H groups in total. The van der Waals surface area contributed by atoms with Gasteiger partial charge < -0.3 is 10.4 Å². The molecule has 2 rings (SSSR count). The number of carboxylic acids is 1. The molecule has 1 heterocycles. The number of hydrogen-bond donors (Lipinski definition) is 2. The second-order valence-corrected chi connectivity index (χ2v) is 4.97. The third-order valence-corrected chi connectivity index (χ3v) is 3.77. The number of nitrogens with zero attached hydrogens (tertiary/aromatic N) is 2. The van der Waals surface area contributed by atoms with Crippen LogP contribution in [-0.2, 0) is 11.3 Å². The minimum Gasteiger partial charge on any atom is -0.480 e. The average molecular weight is 258 g/mol. The van der Waals surface area contributed by atoms with Gasteiger partial charge in [-0.05, 0) is 32.7 Å². The van der Waals surface area contributed by atoms with Gasteiger partial charge in [0.25, 0.3) is 0 Å². The van der Waals surface area contributed by atoms with Gasteiger partial charge in [-0.3, -0.25) is 9.48 Å². The Kier molecular flexibility index (Phi) is 3.14. The number of carbonyl (C=O) groups is 1. The molecular weight excluding hydrogens is 242 g/mol. The maximum absolute atomic E-state index is 11.5. The van der Waals surface area contributed by atoms with Crippen molar-refractivity contribution in [2.45, 2.75) is 31.8 Å². The first kappa shape index (κ1) is 12.4. The molecule has 0 amide bonds. The van der Waals surface area contributed by atoms with Crippen molar-refractivity contribution < 1.29 is 9.90 Å². The number of carboxylic acid groups (broad SMARTS) is 1. The van der Waals surface area contributed by atoms with Gasteiger partial charge in [0.1, 0.15) is 5.54 Å². The number of halogens is 1. The highest BCUT2D eigenvalue weighted by Crippen LogP contribution is 2.40. The molecule has 1 atom stereocenters. The van der Waals surface area contributed by atoms with Gasteiger partial charge in [0.2, 0.25) is 0 Å². The highest BCUT2D eigenvalue weighted by atomic mass is 35.5. The van der Waals surface area contributed by atoms with Crippen LogP contribution < -0.4 is 5.32 Å². The molecule has 0 saturated heterocycles. The molecule has 1 aromatic heterocycles. The summed E-state index contributed by atoms with van der Waals surface area (Å²) in [6.07, 6.45) is 3.57. The van der Waals surface area contributed by atoms with Crippen LogP contribution in [0.3, 0.4) is 0 Å². The molecule has 17 heavy (non-hydrogen) atoms. The van der Waals surface area contributed by atoms with E-state index < -0.39 is 11.5 Å². The van der Waals surface area contributed by atoms with Crippen molar-refractivity contribution in [2.24, 2.45) is 5.92 Å². The molecule has 1 aromatic rings. The summed E-state index contributed by atoms with van der Waals surface area (Å²) in [5.41, 5.74) is -0.209. The predicted octanol–water partition coefficient (Wildman–Crippen LogP) is 1.30. The lowest BCUT2D eigenvalue weighted by atomic mass is 9.93. The Morgan fingerprint density at radius 2 is 2.41 bits per heavy atom. The summed E-state index contributed by atoms with van der Waals surface area (Å²) >= 11 is 5.93. The smallest absolute Gasteiger partial charge is 0.326 e. The zero-order valence-corrected chi connectivity index (χ0v) is 10.7. The second kappa shape index (κ2) is 4.31. The van der Waals surface area contributed by atoms with E-state index in [4.69, 9.17) is 11.6 Å². The minimum absolute atomic E-state index is 0.174. The van der Waals surface area contributed by atoms with Gasteiger partial charge in [0, 0.05) is 6.20 Å². The van der Waals surface area contributed by atoms with E-state index in [1.807, 2.05) is 0 Å². The molecule has 6 heteroatoms. The molecule has 5 nitrogen and oxygen atoms in total. The molecule has 1 aliphatic carbocycles. The lowest BCUT2D eigenvalue weighted by Gasteiger charge is -2.28. The topological polar surface area (TPSA) is 67.2 Å². The van der Waals surface area contributed by atoms with Gasteiger partial charge in [-0.25, -0.2) is 0 Å². The first-order valence-corrected chi connectivity index (χ1v) is 5.99. The van der Waals surface area contributed by atoms with Gasteiger partial charge in [-0.15, -0.1) is 0 Å². The number of likely N-dealkylation sites (N-methyl/N-ethyl adjacent to an activating group) is 1. The summed E-state index contributed by atoms with van der Waals surface area (Å²) in [4.78, 5) is 11.5. The van der Waals surface area contributed by atoms with Crippen LogP contribution in [0, 0.1) is 12.8 Å². The molecule has 0 spiro atoms. The molecule has 0 radical (unpaired) electrons. The van der Waals surface area contributed by atoms with E-state index in [-0.39, 0.29) is 5.92 Å². The monoisotopic (exact) mass is 257 g/mol. The number of nitrogens with one attached hydrogen (secondary N) is 1. The van der Waals surface area contributed by atoms with E-state index in [0.29, 0.717) is 11.6 Å². The zero-order chi connectivity index (χ0) is 12.6. The van der Waals surface area contributed by atoms with Crippen LogP contribution in [0.5, 0.6) is 0 Å². The maximum Gasteiger partial charge on any atom is 0.326 e. The Morgan fingerprint density at radius 1 is 1.76 bits per heavy atom. The van der Waals surface area contributed by atoms with Crippen LogP contribution >= 0.6 is 11.6 Å². The van der Waals surface area contributed by atoms with Crippen molar-refractivity contribution in [2.75, 3.05) is 7.05 Å². The zero-order valence-electron chi connectivity index (χ0n) is 9.90. The third kappa shape index (κ3) is 2.17. The van der Waals surface area contributed by atoms with Crippen molar-refractivity contribution >= 4 is 17.6 Å². The summed E-state index contributed by atoms with van der Waals surface area (Å²) in [5, 5.41) is 17.2. The predicted molar refractivity (Wildman–Crippen MR) is 64.1 cm³/mol. The molecule has 1 fully saturated rings.